The van der Waals surface area contributed by atoms with Gasteiger partial charge in [0.1, 0.15) is 11.4 Å². The molecule has 0 aliphatic carbocycles. The molecule has 3 aromatic heterocycles. The largest absolute Gasteiger partial charge is 0.508 e. The molecule has 0 fully saturated rings. The molecular weight excluding hydrogens is 368 g/mol. The Hall–Kier alpha value is -3.53. The lowest BCUT2D eigenvalue weighted by atomic mass is 10.2. The van der Waals surface area contributed by atoms with Crippen LogP contribution in [0.25, 0.3) is 17.0 Å². The summed E-state index contributed by atoms with van der Waals surface area (Å²) in [4.78, 5) is 16.5. The number of aromatic hydroxyl groups is 1. The number of nitrogens with zero attached hydrogens (tertiary/aromatic N) is 5. The van der Waals surface area contributed by atoms with Crippen molar-refractivity contribution in [1.82, 2.24) is 24.3 Å². The first-order valence-electron chi connectivity index (χ1n) is 7.84. The van der Waals surface area contributed by atoms with E-state index in [1.165, 1.54) is 42.9 Å². The number of anilines is 1. The van der Waals surface area contributed by atoms with Crippen LogP contribution in [-0.4, -0.2) is 37.9 Å². The second-order valence-electron chi connectivity index (χ2n) is 5.80. The molecule has 0 aliphatic heterocycles. The summed E-state index contributed by atoms with van der Waals surface area (Å²) in [6.45, 7) is 1.79. The lowest BCUT2D eigenvalue weighted by Crippen LogP contribution is -2.06. The van der Waals surface area contributed by atoms with Gasteiger partial charge in [0.25, 0.3) is 0 Å². The number of nitrogen functional groups attached to an aromatic ring is 1. The van der Waals surface area contributed by atoms with Crippen molar-refractivity contribution in [3.63, 3.8) is 0 Å². The summed E-state index contributed by atoms with van der Waals surface area (Å²) in [5, 5.41) is 9.41. The fraction of sp³-hybridized carbons (Fsp3) is 0.0588. The van der Waals surface area contributed by atoms with E-state index in [0.29, 0.717) is 22.7 Å². The van der Waals surface area contributed by atoms with E-state index in [2.05, 4.69) is 19.9 Å². The van der Waals surface area contributed by atoms with Crippen LogP contribution in [0.4, 0.5) is 5.95 Å². The summed E-state index contributed by atoms with van der Waals surface area (Å²) >= 11 is 0. The topological polar surface area (TPSA) is 136 Å². The summed E-state index contributed by atoms with van der Waals surface area (Å²) in [6.07, 6.45) is 4.29. The number of phenols is 1. The molecule has 3 N–H and O–H groups in total. The quantitative estimate of drug-likeness (QED) is 0.545. The fourth-order valence-electron chi connectivity index (χ4n) is 2.71. The van der Waals surface area contributed by atoms with Gasteiger partial charge in [0, 0.05) is 18.1 Å². The lowest BCUT2D eigenvalue weighted by Gasteiger charge is -2.05. The smallest absolute Gasteiger partial charge is 0.225 e. The first-order chi connectivity index (χ1) is 12.9. The van der Waals surface area contributed by atoms with Gasteiger partial charge in [-0.05, 0) is 31.2 Å². The molecule has 0 atom stereocenters. The molecule has 3 heterocycles. The maximum absolute atomic E-state index is 12.8. The summed E-state index contributed by atoms with van der Waals surface area (Å²) in [5.41, 5.74) is 7.86. The van der Waals surface area contributed by atoms with E-state index in [4.69, 9.17) is 5.73 Å². The number of phenolic OH excluding ortho intramolecular Hbond substituents is 1. The number of rotatable bonds is 3. The number of fused-ring (bicyclic) bond motifs is 1. The lowest BCUT2D eigenvalue weighted by molar-refractivity contribution is 0.473. The van der Waals surface area contributed by atoms with Gasteiger partial charge in [-0.25, -0.2) is 28.4 Å². The van der Waals surface area contributed by atoms with E-state index >= 15 is 0 Å². The van der Waals surface area contributed by atoms with Gasteiger partial charge < -0.3 is 10.8 Å². The summed E-state index contributed by atoms with van der Waals surface area (Å²) < 4.78 is 27.3. The molecule has 136 valence electrons. The predicted octanol–water partition coefficient (Wildman–Crippen LogP) is 1.62. The second kappa shape index (κ2) is 6.02. The highest BCUT2D eigenvalue weighted by Gasteiger charge is 2.22. The number of aryl methyl sites for hydroxylation is 1. The molecule has 9 nitrogen and oxygen atoms in total. The number of hydrogen-bond acceptors (Lipinski definition) is 8. The first-order valence-corrected chi connectivity index (χ1v) is 9.32. The van der Waals surface area contributed by atoms with Crippen LogP contribution in [0.2, 0.25) is 0 Å². The van der Waals surface area contributed by atoms with Gasteiger partial charge in [-0.2, -0.15) is 0 Å². The average molecular weight is 382 g/mol. The fourth-order valence-corrected chi connectivity index (χ4v) is 3.92. The van der Waals surface area contributed by atoms with Crippen LogP contribution in [0.15, 0.2) is 58.8 Å². The zero-order valence-electron chi connectivity index (χ0n) is 14.1. The molecular formula is C17H14N6O3S. The van der Waals surface area contributed by atoms with Gasteiger partial charge in [0.05, 0.1) is 16.8 Å². The maximum Gasteiger partial charge on any atom is 0.225 e. The molecule has 0 amide bonds. The Morgan fingerprint density at radius 3 is 2.70 bits per heavy atom. The third-order valence-electron chi connectivity index (χ3n) is 4.04. The van der Waals surface area contributed by atoms with Crippen LogP contribution in [0.1, 0.15) is 5.69 Å². The minimum Gasteiger partial charge on any atom is -0.508 e. The third kappa shape index (κ3) is 2.85. The van der Waals surface area contributed by atoms with Gasteiger partial charge in [0.15, 0.2) is 10.7 Å². The molecule has 0 spiro atoms. The zero-order chi connectivity index (χ0) is 19.2. The van der Waals surface area contributed by atoms with E-state index in [1.807, 2.05) is 0 Å². The Kier molecular flexibility index (Phi) is 3.77. The number of imidazole rings is 1. The highest BCUT2D eigenvalue weighted by Crippen LogP contribution is 2.26. The predicted molar refractivity (Wildman–Crippen MR) is 96.7 cm³/mol. The average Bonchev–Trinajstić information content (AvgIpc) is 2.98. The van der Waals surface area contributed by atoms with Crippen molar-refractivity contribution in [2.45, 2.75) is 16.8 Å². The van der Waals surface area contributed by atoms with Gasteiger partial charge in [-0.15, -0.1) is 0 Å². The number of benzene rings is 1. The van der Waals surface area contributed by atoms with E-state index in [-0.39, 0.29) is 21.6 Å². The Balaban J connectivity index is 1.87. The van der Waals surface area contributed by atoms with Crippen molar-refractivity contribution in [2.75, 3.05) is 5.73 Å². The molecule has 0 aliphatic rings. The molecule has 0 saturated heterocycles. The number of nitrogens with two attached hydrogens (primary N) is 1. The molecule has 0 saturated carbocycles. The summed E-state index contributed by atoms with van der Waals surface area (Å²) in [7, 11) is -3.90. The van der Waals surface area contributed by atoms with Crippen LogP contribution in [-0.2, 0) is 9.84 Å². The maximum atomic E-state index is 12.8. The van der Waals surface area contributed by atoms with Crippen LogP contribution >= 0.6 is 0 Å². The first kappa shape index (κ1) is 16.9. The van der Waals surface area contributed by atoms with Crippen molar-refractivity contribution in [2.24, 2.45) is 0 Å². The zero-order valence-corrected chi connectivity index (χ0v) is 14.9. The number of hydrogen-bond donors (Lipinski definition) is 2. The standard InChI is InChI=1S/C17H14N6O3S/c1-10-16(13-5-6-19-17(18)21-13)22-14-8-20-15(9-23(10)14)27(25,26)12-4-2-3-11(24)7-12/h2-9,24H,1H3,(H2,18,19,21). The Labute approximate surface area is 154 Å². The van der Waals surface area contributed by atoms with Crippen molar-refractivity contribution >= 4 is 21.4 Å². The van der Waals surface area contributed by atoms with Crippen molar-refractivity contribution in [1.29, 1.82) is 0 Å². The van der Waals surface area contributed by atoms with E-state index < -0.39 is 9.84 Å². The highest BCUT2D eigenvalue weighted by atomic mass is 32.2. The molecule has 4 rings (SSSR count). The Morgan fingerprint density at radius 1 is 1.15 bits per heavy atom. The van der Waals surface area contributed by atoms with E-state index in [0.717, 1.165) is 0 Å². The second-order valence-corrected chi connectivity index (χ2v) is 7.70. The Bertz CT molecular complexity index is 1280. The van der Waals surface area contributed by atoms with Crippen LogP contribution in [0, 0.1) is 6.92 Å². The van der Waals surface area contributed by atoms with Crippen molar-refractivity contribution < 1.29 is 13.5 Å². The van der Waals surface area contributed by atoms with Crippen molar-refractivity contribution in [3.8, 4) is 17.1 Å². The molecule has 10 heteroatoms. The number of aromatic nitrogens is 5. The van der Waals surface area contributed by atoms with Crippen LogP contribution in [0.3, 0.4) is 0 Å². The monoisotopic (exact) mass is 382 g/mol. The van der Waals surface area contributed by atoms with Gasteiger partial charge in [-0.1, -0.05) is 6.07 Å². The molecule has 0 radical (unpaired) electrons. The molecule has 0 bridgehead atoms. The number of sulfone groups is 1. The normalized spacial score (nSPS) is 11.7. The van der Waals surface area contributed by atoms with Gasteiger partial charge in [0.2, 0.25) is 15.8 Å². The SMILES string of the molecule is Cc1c(-c2ccnc(N)n2)nc2cnc(S(=O)(=O)c3cccc(O)c3)cn12. The molecule has 4 aromatic rings. The summed E-state index contributed by atoms with van der Waals surface area (Å²) in [6, 6.07) is 7.10. The van der Waals surface area contributed by atoms with E-state index in [9.17, 15) is 13.5 Å². The molecule has 0 unspecified atom stereocenters. The molecule has 27 heavy (non-hydrogen) atoms. The van der Waals surface area contributed by atoms with E-state index in [1.54, 1.807) is 17.4 Å². The minimum atomic E-state index is -3.90. The molecule has 1 aromatic carbocycles. The van der Waals surface area contributed by atoms with Crippen LogP contribution < -0.4 is 5.73 Å². The highest BCUT2D eigenvalue weighted by molar-refractivity contribution is 7.91. The van der Waals surface area contributed by atoms with Gasteiger partial charge >= 0.3 is 0 Å². The third-order valence-corrected chi connectivity index (χ3v) is 5.68. The van der Waals surface area contributed by atoms with Crippen LogP contribution in [0.5, 0.6) is 5.75 Å². The Morgan fingerprint density at radius 2 is 1.96 bits per heavy atom. The van der Waals surface area contributed by atoms with Gasteiger partial charge in [-0.3, -0.25) is 4.40 Å². The summed E-state index contributed by atoms with van der Waals surface area (Å²) in [5.74, 6) is -0.0196. The van der Waals surface area contributed by atoms with Crippen molar-refractivity contribution in [3.05, 3.63) is 54.6 Å². The minimum absolute atomic E-state index is 0.0454.